The average Bonchev–Trinajstić information content (AvgIpc) is 3.01. The van der Waals surface area contributed by atoms with Crippen molar-refractivity contribution < 1.29 is 22.7 Å². The number of amides is 1. The summed E-state index contributed by atoms with van der Waals surface area (Å²) >= 11 is 0.0714. The van der Waals surface area contributed by atoms with Gasteiger partial charge in [0.05, 0.1) is 14.2 Å². The normalized spacial score (nSPS) is 19.0. The molecule has 0 radical (unpaired) electrons. The monoisotopic (exact) mass is 345 g/mol. The maximum atomic E-state index is 12.1. The molecule has 1 aromatic carbocycles. The van der Waals surface area contributed by atoms with Gasteiger partial charge in [-0.3, -0.25) is 8.98 Å². The number of ether oxygens (including phenoxy) is 2. The van der Waals surface area contributed by atoms with Gasteiger partial charge >= 0.3 is 0 Å². The van der Waals surface area contributed by atoms with Crippen LogP contribution in [0.25, 0.3) is 0 Å². The summed E-state index contributed by atoms with van der Waals surface area (Å²) in [5.41, 5.74) is 0. The molecule has 1 amide bonds. The summed E-state index contributed by atoms with van der Waals surface area (Å²) < 4.78 is 27.0. The molecule has 1 aliphatic rings. The van der Waals surface area contributed by atoms with E-state index in [1.54, 1.807) is 23.8 Å². The van der Waals surface area contributed by atoms with Crippen molar-refractivity contribution in [3.05, 3.63) is 24.3 Å². The lowest BCUT2D eigenvalue weighted by atomic mass is 10.3. The first-order valence-electron chi connectivity index (χ1n) is 6.75. The van der Waals surface area contributed by atoms with Crippen molar-refractivity contribution in [3.8, 4) is 11.5 Å². The fourth-order valence-electron chi connectivity index (χ4n) is 2.09. The zero-order valence-corrected chi connectivity index (χ0v) is 14.2. The molecule has 6 nitrogen and oxygen atoms in total. The summed E-state index contributed by atoms with van der Waals surface area (Å²) in [6, 6.07) is 7.38. The quantitative estimate of drug-likeness (QED) is 0.742. The number of methoxy groups -OCH3 is 1. The van der Waals surface area contributed by atoms with E-state index in [1.165, 1.54) is 7.11 Å². The Morgan fingerprint density at radius 1 is 1.36 bits per heavy atom. The van der Waals surface area contributed by atoms with Crippen molar-refractivity contribution in [3.63, 3.8) is 0 Å². The van der Waals surface area contributed by atoms with E-state index >= 15 is 0 Å². The Hall–Kier alpha value is -1.25. The molecule has 1 saturated heterocycles. The maximum absolute atomic E-state index is 12.1. The van der Waals surface area contributed by atoms with E-state index < -0.39 is 11.1 Å². The van der Waals surface area contributed by atoms with Gasteiger partial charge in [-0.1, -0.05) is 12.1 Å². The lowest BCUT2D eigenvalue weighted by Crippen LogP contribution is -2.40. The zero-order valence-electron chi connectivity index (χ0n) is 12.5. The highest BCUT2D eigenvalue weighted by molar-refractivity contribution is 8.00. The molecule has 1 heterocycles. The summed E-state index contributed by atoms with van der Waals surface area (Å²) in [7, 11) is 2.91. The van der Waals surface area contributed by atoms with E-state index in [0.717, 1.165) is 5.75 Å². The molecule has 0 bridgehead atoms. The van der Waals surface area contributed by atoms with Crippen molar-refractivity contribution in [1.82, 2.24) is 4.90 Å². The summed E-state index contributed by atoms with van der Waals surface area (Å²) in [5, 5.41) is -0.0914. The summed E-state index contributed by atoms with van der Waals surface area (Å²) in [6.45, 7) is 0.987. The second-order valence-electron chi connectivity index (χ2n) is 4.49. The Morgan fingerprint density at radius 2 is 2.09 bits per heavy atom. The number of hydrogen-bond donors (Lipinski definition) is 0. The van der Waals surface area contributed by atoms with Crippen LogP contribution in [0.2, 0.25) is 0 Å². The lowest BCUT2D eigenvalue weighted by Gasteiger charge is -2.23. The number of carbonyl (C=O) groups is 1. The smallest absolute Gasteiger partial charge is 0.238 e. The van der Waals surface area contributed by atoms with Crippen LogP contribution in [0.3, 0.4) is 0 Å². The fourth-order valence-corrected chi connectivity index (χ4v) is 3.71. The van der Waals surface area contributed by atoms with Gasteiger partial charge in [0.25, 0.3) is 0 Å². The van der Waals surface area contributed by atoms with Crippen molar-refractivity contribution >= 4 is 28.7 Å². The first-order chi connectivity index (χ1) is 10.7. The van der Waals surface area contributed by atoms with Gasteiger partial charge in [-0.15, -0.1) is 11.8 Å². The number of hydrogen-bond acceptors (Lipinski definition) is 6. The summed E-state index contributed by atoms with van der Waals surface area (Å²) in [5.74, 6) is 1.83. The third kappa shape index (κ3) is 4.37. The van der Waals surface area contributed by atoms with Crippen molar-refractivity contribution in [2.24, 2.45) is 0 Å². The van der Waals surface area contributed by atoms with E-state index in [4.69, 9.17) is 9.47 Å². The topological polar surface area (TPSA) is 65.1 Å². The Morgan fingerprint density at radius 3 is 2.77 bits per heavy atom. The minimum Gasteiger partial charge on any atom is -0.493 e. The Bertz CT molecular complexity index is 540. The molecule has 1 fully saturated rings. The van der Waals surface area contributed by atoms with Crippen LogP contribution in [0, 0.1) is 0 Å². The second-order valence-corrected chi connectivity index (χ2v) is 7.00. The van der Waals surface area contributed by atoms with Gasteiger partial charge in [0.15, 0.2) is 22.6 Å². The highest BCUT2D eigenvalue weighted by Gasteiger charge is 2.30. The van der Waals surface area contributed by atoms with Crippen molar-refractivity contribution in [1.29, 1.82) is 0 Å². The molecule has 1 aromatic rings. The van der Waals surface area contributed by atoms with E-state index in [1.807, 2.05) is 24.3 Å². The van der Waals surface area contributed by atoms with Crippen molar-refractivity contribution in [2.75, 3.05) is 38.9 Å². The molecule has 122 valence electrons. The molecule has 0 N–H and O–H groups in total. The van der Waals surface area contributed by atoms with Crippen LogP contribution in [0.1, 0.15) is 0 Å². The van der Waals surface area contributed by atoms with Gasteiger partial charge in [0.1, 0.15) is 17.7 Å². The average molecular weight is 345 g/mol. The lowest BCUT2D eigenvalue weighted by molar-refractivity contribution is -0.128. The van der Waals surface area contributed by atoms with Crippen LogP contribution in [-0.4, -0.2) is 59.3 Å². The minimum atomic E-state index is -1.57. The van der Waals surface area contributed by atoms with E-state index in [9.17, 15) is 9.00 Å². The summed E-state index contributed by atoms with van der Waals surface area (Å²) in [4.78, 5) is 13.8. The first kappa shape index (κ1) is 17.1. The fraction of sp³-hybridized carbons (Fsp3) is 0.500. The highest BCUT2D eigenvalue weighted by atomic mass is 32.2. The minimum absolute atomic E-state index is 0.0914. The van der Waals surface area contributed by atoms with Gasteiger partial charge in [0.2, 0.25) is 5.91 Å². The van der Waals surface area contributed by atoms with E-state index in [-0.39, 0.29) is 17.0 Å². The number of para-hydroxylation sites is 2. The number of benzene rings is 1. The Labute approximate surface area is 136 Å². The molecular formula is C14H19NO5S2. The molecular weight excluding hydrogens is 326 g/mol. The molecule has 8 heteroatoms. The molecule has 2 atom stereocenters. The van der Waals surface area contributed by atoms with Gasteiger partial charge < -0.3 is 14.4 Å². The molecule has 0 aromatic heterocycles. The van der Waals surface area contributed by atoms with Gasteiger partial charge in [-0.05, 0) is 12.1 Å². The Balaban J connectivity index is 1.94. The number of carbonyl (C=O) groups excluding carboxylic acids is 1. The second kappa shape index (κ2) is 8.40. The summed E-state index contributed by atoms with van der Waals surface area (Å²) in [6.07, 6.45) is 0. The molecule has 0 aliphatic carbocycles. The Kier molecular flexibility index (Phi) is 6.53. The molecule has 1 aliphatic heterocycles. The highest BCUT2D eigenvalue weighted by Crippen LogP contribution is 2.29. The van der Waals surface area contributed by atoms with E-state index in [2.05, 4.69) is 4.18 Å². The van der Waals surface area contributed by atoms with Crippen LogP contribution >= 0.6 is 11.8 Å². The van der Waals surface area contributed by atoms with Gasteiger partial charge in [-0.2, -0.15) is 0 Å². The van der Waals surface area contributed by atoms with Crippen molar-refractivity contribution in [2.45, 2.75) is 5.37 Å². The van der Waals surface area contributed by atoms with Gasteiger partial charge in [0, 0.05) is 12.3 Å². The maximum Gasteiger partial charge on any atom is 0.238 e. The van der Waals surface area contributed by atoms with Crippen LogP contribution in [-0.2, 0) is 20.1 Å². The molecule has 22 heavy (non-hydrogen) atoms. The zero-order chi connectivity index (χ0) is 15.9. The largest absolute Gasteiger partial charge is 0.493 e. The molecule has 1 unspecified atom stereocenters. The third-order valence-corrected chi connectivity index (χ3v) is 5.24. The predicted molar refractivity (Wildman–Crippen MR) is 86.5 cm³/mol. The molecule has 0 saturated carbocycles. The standard InChI is InChI=1S/C14H19NO5S2/c1-18-11-5-3-4-6-12(11)20-9-14-15(7-8-21-14)13(16)10-22(17)19-2/h3-6,14H,7-10H2,1-2H3/t14-,22?/m0/s1. The van der Waals surface area contributed by atoms with Crippen LogP contribution in [0.5, 0.6) is 11.5 Å². The number of rotatable bonds is 7. The van der Waals surface area contributed by atoms with Gasteiger partial charge in [-0.25, -0.2) is 4.21 Å². The molecule has 2 rings (SSSR count). The molecule has 0 spiro atoms. The number of nitrogens with zero attached hydrogens (tertiary/aromatic N) is 1. The number of thioether (sulfide) groups is 1. The van der Waals surface area contributed by atoms with Crippen LogP contribution in [0.4, 0.5) is 0 Å². The SMILES string of the molecule is COc1ccccc1OC[C@@H]1SCCN1C(=O)CS(=O)OC. The van der Waals surface area contributed by atoms with Crippen LogP contribution < -0.4 is 9.47 Å². The predicted octanol–water partition coefficient (Wildman–Crippen LogP) is 1.29. The van der Waals surface area contributed by atoms with E-state index in [0.29, 0.717) is 24.7 Å². The van der Waals surface area contributed by atoms with Crippen LogP contribution in [0.15, 0.2) is 24.3 Å². The first-order valence-corrected chi connectivity index (χ1v) is 9.04. The third-order valence-electron chi connectivity index (χ3n) is 3.19.